The van der Waals surface area contributed by atoms with Gasteiger partial charge < -0.3 is 0 Å². The van der Waals surface area contributed by atoms with Crippen LogP contribution in [0.15, 0.2) is 22.9 Å². The average molecular weight is 224 g/mol. The van der Waals surface area contributed by atoms with Crippen LogP contribution in [-0.2, 0) is 0 Å². The monoisotopic (exact) mass is 223 g/mol. The number of allylic oxidation sites excluding steroid dienone is 3. The van der Waals surface area contributed by atoms with Crippen molar-refractivity contribution < 1.29 is 5.11 Å². The molecule has 1 aliphatic heterocycles. The standard InChI is InChI=1S/C5H6.C4H10NO.Ga/c1-3-5-4-2;1-2-5-3-4-6;/h1,3-5H,2H2;5-6H,1-4H2;. The van der Waals surface area contributed by atoms with E-state index in [-0.39, 0.29) is 6.61 Å². The van der Waals surface area contributed by atoms with Gasteiger partial charge in [0.1, 0.15) is 0 Å². The molecule has 3 heteroatoms. The van der Waals surface area contributed by atoms with E-state index >= 15 is 0 Å². The van der Waals surface area contributed by atoms with Gasteiger partial charge in [-0.1, -0.05) is 0 Å². The van der Waals surface area contributed by atoms with Crippen LogP contribution in [0.3, 0.4) is 0 Å². The van der Waals surface area contributed by atoms with Gasteiger partial charge in [-0.15, -0.1) is 0 Å². The Kier molecular flexibility index (Phi) is 5.52. The first-order valence-electron chi connectivity index (χ1n) is 4.58. The van der Waals surface area contributed by atoms with Crippen molar-refractivity contribution in [1.82, 2.24) is 5.32 Å². The number of aliphatic hydroxyl groups excluding tert-OH is 1. The van der Waals surface area contributed by atoms with Crippen LogP contribution in [0, 0.1) is 0 Å². The summed E-state index contributed by atoms with van der Waals surface area (Å²) in [5.41, 5.74) is 0. The molecule has 0 fully saturated rings. The molecule has 1 aliphatic rings. The van der Waals surface area contributed by atoms with Crippen molar-refractivity contribution in [3.63, 3.8) is 0 Å². The van der Waals surface area contributed by atoms with E-state index in [0.717, 1.165) is 13.1 Å². The first-order valence-corrected chi connectivity index (χ1v) is 9.41. The summed E-state index contributed by atoms with van der Waals surface area (Å²) in [7, 11) is 0. The van der Waals surface area contributed by atoms with Crippen LogP contribution >= 0.6 is 0 Å². The van der Waals surface area contributed by atoms with Crippen LogP contribution < -0.4 is 5.32 Å². The Morgan fingerprint density at radius 3 is 2.92 bits per heavy atom. The minimum absolute atomic E-state index is 0.257. The van der Waals surface area contributed by atoms with Crippen LogP contribution in [0.4, 0.5) is 0 Å². The average Bonchev–Trinajstić information content (AvgIpc) is 2.14. The van der Waals surface area contributed by atoms with Gasteiger partial charge in [-0.25, -0.2) is 0 Å². The summed E-state index contributed by atoms with van der Waals surface area (Å²) in [5.74, 6) is 0. The maximum atomic E-state index is 8.53. The van der Waals surface area contributed by atoms with Gasteiger partial charge in [-0.3, -0.25) is 0 Å². The molecule has 12 heavy (non-hydrogen) atoms. The van der Waals surface area contributed by atoms with Crippen molar-refractivity contribution in [1.29, 1.82) is 0 Å². The topological polar surface area (TPSA) is 32.3 Å². The zero-order chi connectivity index (χ0) is 8.65. The van der Waals surface area contributed by atoms with Gasteiger partial charge in [0.15, 0.2) is 0 Å². The molecule has 2 nitrogen and oxygen atoms in total. The van der Waals surface area contributed by atoms with Crippen LogP contribution in [0.1, 0.15) is 0 Å². The Bertz CT molecular complexity index is 168. The molecule has 0 bridgehead atoms. The molecule has 0 aromatic carbocycles. The molecule has 0 spiro atoms. The Hall–Kier alpha value is 0.0364. The summed E-state index contributed by atoms with van der Waals surface area (Å²) in [4.78, 5) is 2.71. The van der Waals surface area contributed by atoms with E-state index < -0.39 is 16.2 Å². The van der Waals surface area contributed by atoms with E-state index in [1.807, 2.05) is 0 Å². The number of rotatable bonds is 5. The zero-order valence-electron chi connectivity index (χ0n) is 7.37. The Balaban J connectivity index is 2.00. The van der Waals surface area contributed by atoms with Gasteiger partial charge in [-0.05, 0) is 0 Å². The SMILES string of the molecule is OCCNC[CH2][Ga]1[CH]=CC=C[CH2]1. The maximum absolute atomic E-state index is 8.53. The number of hydrogen-bond donors (Lipinski definition) is 2. The van der Waals surface area contributed by atoms with Crippen molar-refractivity contribution in [3.8, 4) is 0 Å². The molecule has 1 heterocycles. The molecule has 0 saturated carbocycles. The van der Waals surface area contributed by atoms with Gasteiger partial charge in [0.25, 0.3) is 0 Å². The predicted octanol–water partition coefficient (Wildman–Crippen LogP) is 0.728. The predicted molar refractivity (Wildman–Crippen MR) is 53.6 cm³/mol. The molecule has 0 atom stereocenters. The van der Waals surface area contributed by atoms with Crippen LogP contribution in [0.2, 0.25) is 9.95 Å². The van der Waals surface area contributed by atoms with Crippen LogP contribution in [0.25, 0.3) is 0 Å². The number of aliphatic hydroxyl groups is 1. The molecule has 0 aliphatic carbocycles. The van der Waals surface area contributed by atoms with Crippen molar-refractivity contribution in [3.05, 3.63) is 22.9 Å². The Morgan fingerprint density at radius 2 is 2.25 bits per heavy atom. The third kappa shape index (κ3) is 4.16. The van der Waals surface area contributed by atoms with Crippen LogP contribution in [0.5, 0.6) is 0 Å². The fourth-order valence-corrected chi connectivity index (χ4v) is 5.76. The quantitative estimate of drug-likeness (QED) is 0.532. The van der Waals surface area contributed by atoms with Crippen molar-refractivity contribution in [2.24, 2.45) is 0 Å². The molecule has 0 unspecified atom stereocenters. The fourth-order valence-electron chi connectivity index (χ4n) is 1.34. The van der Waals surface area contributed by atoms with Crippen molar-refractivity contribution >= 4 is 16.2 Å². The van der Waals surface area contributed by atoms with Gasteiger partial charge in [0, 0.05) is 0 Å². The molecule has 0 amide bonds. The summed E-state index contributed by atoms with van der Waals surface area (Å²) >= 11 is -1.03. The molecule has 0 saturated heterocycles. The normalized spacial score (nSPS) is 15.6. The first kappa shape index (κ1) is 10.1. The van der Waals surface area contributed by atoms with Gasteiger partial charge in [0.2, 0.25) is 0 Å². The second-order valence-corrected chi connectivity index (χ2v) is 9.27. The second kappa shape index (κ2) is 6.54. The molecule has 0 aromatic heterocycles. The number of hydrogen-bond acceptors (Lipinski definition) is 2. The summed E-state index contributed by atoms with van der Waals surface area (Å²) in [6, 6.07) is 0. The Morgan fingerprint density at radius 1 is 1.33 bits per heavy atom. The first-order chi connectivity index (χ1) is 5.93. The van der Waals surface area contributed by atoms with Crippen molar-refractivity contribution in [2.75, 3.05) is 19.7 Å². The van der Waals surface area contributed by atoms with Crippen molar-refractivity contribution in [2.45, 2.75) is 9.95 Å². The summed E-state index contributed by atoms with van der Waals surface area (Å²) in [6.45, 7) is 2.09. The fraction of sp³-hybridized carbons (Fsp3) is 0.556. The summed E-state index contributed by atoms with van der Waals surface area (Å²) in [6.07, 6.45) is 6.62. The summed E-state index contributed by atoms with van der Waals surface area (Å²) in [5, 5.41) is 11.8. The van der Waals surface area contributed by atoms with Gasteiger partial charge >= 0.3 is 79.1 Å². The molecular weight excluding hydrogens is 208 g/mol. The molecule has 0 radical (unpaired) electrons. The molecule has 1 rings (SSSR count). The second-order valence-electron chi connectivity index (χ2n) is 3.07. The third-order valence-electron chi connectivity index (χ3n) is 2.05. The van der Waals surface area contributed by atoms with E-state index in [2.05, 4.69) is 28.2 Å². The van der Waals surface area contributed by atoms with E-state index in [0.29, 0.717) is 0 Å². The molecule has 0 aromatic rings. The van der Waals surface area contributed by atoms with Gasteiger partial charge in [0.05, 0.1) is 0 Å². The molecule has 2 N–H and O–H groups in total. The summed E-state index contributed by atoms with van der Waals surface area (Å²) < 4.78 is 2.44. The van der Waals surface area contributed by atoms with E-state index in [9.17, 15) is 0 Å². The van der Waals surface area contributed by atoms with Gasteiger partial charge in [-0.2, -0.15) is 0 Å². The van der Waals surface area contributed by atoms with E-state index in [4.69, 9.17) is 5.11 Å². The van der Waals surface area contributed by atoms with Crippen LogP contribution in [-0.4, -0.2) is 41.0 Å². The van der Waals surface area contributed by atoms with E-state index in [1.165, 1.54) is 9.95 Å². The van der Waals surface area contributed by atoms with E-state index in [1.54, 1.807) is 0 Å². The minimum atomic E-state index is -1.03. The third-order valence-corrected chi connectivity index (χ3v) is 7.66. The molecular formula is C9H16GaNO. The Labute approximate surface area is 79.4 Å². The number of nitrogens with one attached hydrogen (secondary N) is 1. The zero-order valence-corrected chi connectivity index (χ0v) is 9.79. The molecule has 66 valence electrons.